The smallest absolute Gasteiger partial charge is 0.243 e. The highest BCUT2D eigenvalue weighted by molar-refractivity contribution is 7.89. The lowest BCUT2D eigenvalue weighted by Gasteiger charge is -2.31. The summed E-state index contributed by atoms with van der Waals surface area (Å²) in [4.78, 5) is 17.3. The first-order valence-corrected chi connectivity index (χ1v) is 11.5. The molecule has 1 aliphatic rings. The van der Waals surface area contributed by atoms with Gasteiger partial charge in [-0.3, -0.25) is 4.79 Å². The minimum atomic E-state index is -3.66. The van der Waals surface area contributed by atoms with Crippen molar-refractivity contribution >= 4 is 54.2 Å². The molecule has 1 aliphatic heterocycles. The highest BCUT2D eigenvalue weighted by Crippen LogP contribution is 2.28. The van der Waals surface area contributed by atoms with Crippen LogP contribution in [0, 0.1) is 5.92 Å². The highest BCUT2D eigenvalue weighted by Gasteiger charge is 2.33. The van der Waals surface area contributed by atoms with Crippen molar-refractivity contribution in [3.63, 3.8) is 0 Å². The standard InChI is InChI=1S/C19H18ClN3O3S2/c20-14-7-9-15(10-8-14)28(25,26)23-11-3-4-13(12-23)18(24)22-19-21-16-5-1-2-6-17(16)27-19/h1-2,5-10,13H,3-4,11-12H2,(H,21,22,24). The van der Waals surface area contributed by atoms with Gasteiger partial charge in [0, 0.05) is 18.1 Å². The molecule has 0 aliphatic carbocycles. The van der Waals surface area contributed by atoms with Crippen molar-refractivity contribution in [2.24, 2.45) is 5.92 Å². The lowest BCUT2D eigenvalue weighted by molar-refractivity contribution is -0.120. The highest BCUT2D eigenvalue weighted by atomic mass is 35.5. The Labute approximate surface area is 172 Å². The molecule has 1 amide bonds. The molecule has 9 heteroatoms. The van der Waals surface area contributed by atoms with Crippen LogP contribution in [-0.2, 0) is 14.8 Å². The van der Waals surface area contributed by atoms with Crippen molar-refractivity contribution in [1.82, 2.24) is 9.29 Å². The number of anilines is 1. The van der Waals surface area contributed by atoms with Crippen LogP contribution < -0.4 is 5.32 Å². The van der Waals surface area contributed by atoms with Crippen LogP contribution in [0.15, 0.2) is 53.4 Å². The van der Waals surface area contributed by atoms with Crippen molar-refractivity contribution in [3.8, 4) is 0 Å². The van der Waals surface area contributed by atoms with E-state index >= 15 is 0 Å². The number of halogens is 1. The van der Waals surface area contributed by atoms with Crippen molar-refractivity contribution in [2.45, 2.75) is 17.7 Å². The summed E-state index contributed by atoms with van der Waals surface area (Å²) in [6.07, 6.45) is 1.27. The number of thiazole rings is 1. The van der Waals surface area contributed by atoms with Gasteiger partial charge in [-0.2, -0.15) is 4.31 Å². The topological polar surface area (TPSA) is 79.4 Å². The van der Waals surface area contributed by atoms with E-state index in [1.807, 2.05) is 24.3 Å². The van der Waals surface area contributed by atoms with Gasteiger partial charge in [0.25, 0.3) is 0 Å². The number of fused-ring (bicyclic) bond motifs is 1. The number of rotatable bonds is 4. The molecule has 3 aromatic rings. The fourth-order valence-electron chi connectivity index (χ4n) is 3.26. The van der Waals surface area contributed by atoms with Crippen LogP contribution in [0.1, 0.15) is 12.8 Å². The second-order valence-corrected chi connectivity index (χ2v) is 10.0. The van der Waals surface area contributed by atoms with Crippen LogP contribution in [0.25, 0.3) is 10.2 Å². The fraction of sp³-hybridized carbons (Fsp3) is 0.263. The number of benzene rings is 2. The summed E-state index contributed by atoms with van der Waals surface area (Å²) in [7, 11) is -3.66. The third kappa shape index (κ3) is 3.91. The molecule has 1 atom stereocenters. The van der Waals surface area contributed by atoms with Gasteiger partial charge < -0.3 is 5.32 Å². The van der Waals surface area contributed by atoms with Gasteiger partial charge in [-0.1, -0.05) is 35.1 Å². The fourth-order valence-corrected chi connectivity index (χ4v) is 5.78. The van der Waals surface area contributed by atoms with Crippen molar-refractivity contribution < 1.29 is 13.2 Å². The molecule has 0 saturated carbocycles. The van der Waals surface area contributed by atoms with Crippen LogP contribution in [-0.4, -0.2) is 36.7 Å². The number of nitrogens with zero attached hydrogens (tertiary/aromatic N) is 2. The number of sulfonamides is 1. The van der Waals surface area contributed by atoms with Crippen LogP contribution in [0.4, 0.5) is 5.13 Å². The zero-order valence-corrected chi connectivity index (χ0v) is 17.2. The number of nitrogens with one attached hydrogen (secondary N) is 1. The molecule has 28 heavy (non-hydrogen) atoms. The summed E-state index contributed by atoms with van der Waals surface area (Å²) in [5.41, 5.74) is 0.832. The zero-order valence-electron chi connectivity index (χ0n) is 14.8. The van der Waals surface area contributed by atoms with E-state index in [9.17, 15) is 13.2 Å². The summed E-state index contributed by atoms with van der Waals surface area (Å²) in [5, 5.41) is 3.86. The molecule has 1 unspecified atom stereocenters. The van der Waals surface area contributed by atoms with E-state index in [4.69, 9.17) is 11.6 Å². The summed E-state index contributed by atoms with van der Waals surface area (Å²) in [5.74, 6) is -0.613. The minimum absolute atomic E-state index is 0.154. The number of hydrogen-bond acceptors (Lipinski definition) is 5. The normalized spacial score (nSPS) is 18.2. The van der Waals surface area contributed by atoms with Crippen molar-refractivity contribution in [3.05, 3.63) is 53.6 Å². The number of aromatic nitrogens is 1. The molecule has 2 aromatic carbocycles. The largest absolute Gasteiger partial charge is 0.302 e. The molecule has 1 saturated heterocycles. The second-order valence-electron chi connectivity index (χ2n) is 6.63. The van der Waals surface area contributed by atoms with E-state index in [0.29, 0.717) is 29.5 Å². The van der Waals surface area contributed by atoms with E-state index in [-0.39, 0.29) is 17.3 Å². The van der Waals surface area contributed by atoms with Gasteiger partial charge in [0.05, 0.1) is 21.0 Å². The molecular formula is C19H18ClN3O3S2. The SMILES string of the molecule is O=C(Nc1nc2ccccc2s1)C1CCCN(S(=O)(=O)c2ccc(Cl)cc2)C1. The van der Waals surface area contributed by atoms with Gasteiger partial charge in [-0.25, -0.2) is 13.4 Å². The van der Waals surface area contributed by atoms with Gasteiger partial charge in [0.15, 0.2) is 5.13 Å². The van der Waals surface area contributed by atoms with Crippen molar-refractivity contribution in [2.75, 3.05) is 18.4 Å². The minimum Gasteiger partial charge on any atom is -0.302 e. The van der Waals surface area contributed by atoms with E-state index < -0.39 is 15.9 Å². The van der Waals surface area contributed by atoms with E-state index in [0.717, 1.165) is 10.2 Å². The molecule has 1 fully saturated rings. The van der Waals surface area contributed by atoms with Crippen LogP contribution >= 0.6 is 22.9 Å². The predicted molar refractivity (Wildman–Crippen MR) is 111 cm³/mol. The molecular weight excluding hydrogens is 418 g/mol. The number of carbonyl (C=O) groups excluding carboxylic acids is 1. The number of piperidine rings is 1. The maximum atomic E-state index is 12.9. The summed E-state index contributed by atoms with van der Waals surface area (Å²) >= 11 is 7.26. The Morgan fingerprint density at radius 1 is 1.18 bits per heavy atom. The molecule has 1 aromatic heterocycles. The van der Waals surface area contributed by atoms with Gasteiger partial charge in [-0.15, -0.1) is 0 Å². The molecule has 0 bridgehead atoms. The number of hydrogen-bond donors (Lipinski definition) is 1. The summed E-state index contributed by atoms with van der Waals surface area (Å²) in [6.45, 7) is 0.553. The van der Waals surface area contributed by atoms with Gasteiger partial charge in [0.1, 0.15) is 0 Å². The van der Waals surface area contributed by atoms with Crippen LogP contribution in [0.5, 0.6) is 0 Å². The molecule has 6 nitrogen and oxygen atoms in total. The van der Waals surface area contributed by atoms with E-state index in [1.54, 1.807) is 12.1 Å². The molecule has 2 heterocycles. The Kier molecular flexibility index (Phi) is 5.37. The molecule has 0 spiro atoms. The number of carbonyl (C=O) groups is 1. The Morgan fingerprint density at radius 2 is 1.93 bits per heavy atom. The molecule has 1 N–H and O–H groups in total. The first kappa shape index (κ1) is 19.3. The first-order valence-electron chi connectivity index (χ1n) is 8.85. The quantitative estimate of drug-likeness (QED) is 0.672. The Morgan fingerprint density at radius 3 is 2.68 bits per heavy atom. The monoisotopic (exact) mass is 435 g/mol. The van der Waals surface area contributed by atoms with Crippen LogP contribution in [0.3, 0.4) is 0 Å². The maximum Gasteiger partial charge on any atom is 0.243 e. The van der Waals surface area contributed by atoms with E-state index in [2.05, 4.69) is 10.3 Å². The summed E-state index contributed by atoms with van der Waals surface area (Å²) in [6, 6.07) is 13.7. The lowest BCUT2D eigenvalue weighted by atomic mass is 9.99. The number of para-hydroxylation sites is 1. The average molecular weight is 436 g/mol. The Hall–Kier alpha value is -2.00. The third-order valence-corrected chi connectivity index (χ3v) is 7.81. The maximum absolute atomic E-state index is 12.9. The first-order chi connectivity index (χ1) is 13.4. The third-order valence-electron chi connectivity index (χ3n) is 4.73. The number of amides is 1. The molecule has 146 valence electrons. The second kappa shape index (κ2) is 7.79. The van der Waals surface area contributed by atoms with Gasteiger partial charge in [0.2, 0.25) is 15.9 Å². The van der Waals surface area contributed by atoms with Gasteiger partial charge >= 0.3 is 0 Å². The summed E-state index contributed by atoms with van der Waals surface area (Å²) < 4.78 is 28.1. The Bertz CT molecular complexity index is 1080. The van der Waals surface area contributed by atoms with Crippen LogP contribution in [0.2, 0.25) is 5.02 Å². The predicted octanol–water partition coefficient (Wildman–Crippen LogP) is 3.99. The average Bonchev–Trinajstić information content (AvgIpc) is 3.10. The lowest BCUT2D eigenvalue weighted by Crippen LogP contribution is -2.43. The van der Waals surface area contributed by atoms with E-state index in [1.165, 1.54) is 27.8 Å². The Balaban J connectivity index is 1.48. The zero-order chi connectivity index (χ0) is 19.7. The molecule has 0 radical (unpaired) electrons. The molecule has 4 rings (SSSR count). The van der Waals surface area contributed by atoms with Crippen molar-refractivity contribution in [1.29, 1.82) is 0 Å². The van der Waals surface area contributed by atoms with Gasteiger partial charge in [-0.05, 0) is 49.2 Å².